The molecule has 0 heterocycles. The molecular formula is C11H17BrO2. The molecule has 1 rings (SSSR count). The van der Waals surface area contributed by atoms with Crippen LogP contribution < -0.4 is 0 Å². The molecule has 0 amide bonds. The van der Waals surface area contributed by atoms with Crippen LogP contribution >= 0.6 is 15.9 Å². The lowest BCUT2D eigenvalue weighted by Crippen LogP contribution is -2.29. The molecular weight excluding hydrogens is 244 g/mol. The highest BCUT2D eigenvalue weighted by Gasteiger charge is 2.26. The zero-order valence-electron chi connectivity index (χ0n) is 8.97. The van der Waals surface area contributed by atoms with Crippen molar-refractivity contribution in [1.29, 1.82) is 0 Å². The van der Waals surface area contributed by atoms with Crippen LogP contribution in [-0.2, 0) is 9.53 Å². The topological polar surface area (TPSA) is 26.3 Å². The number of hydrogen-bond acceptors (Lipinski definition) is 2. The normalized spacial score (nSPS) is 22.9. The summed E-state index contributed by atoms with van der Waals surface area (Å²) in [5, 5.41) is 0. The minimum atomic E-state index is -0.370. The van der Waals surface area contributed by atoms with E-state index in [-0.39, 0.29) is 17.5 Å². The standard InChI is InChI=1S/C11H17BrO2/c1-11(2,3)14-10(13)8-5-4-6-9(12)7-8/h6,8H,4-5,7H2,1-3H3/t8-/m1/s1. The molecule has 0 spiro atoms. The SMILES string of the molecule is CC(C)(C)OC(=O)[C@@H]1CCC=C(Br)C1. The van der Waals surface area contributed by atoms with Crippen molar-refractivity contribution >= 4 is 21.9 Å². The van der Waals surface area contributed by atoms with E-state index in [1.165, 1.54) is 0 Å². The van der Waals surface area contributed by atoms with Gasteiger partial charge in [-0.2, -0.15) is 0 Å². The highest BCUT2D eigenvalue weighted by atomic mass is 79.9. The summed E-state index contributed by atoms with van der Waals surface area (Å²) in [6, 6.07) is 0. The van der Waals surface area contributed by atoms with Gasteiger partial charge >= 0.3 is 5.97 Å². The monoisotopic (exact) mass is 260 g/mol. The number of ether oxygens (including phenoxy) is 1. The Balaban J connectivity index is 2.50. The summed E-state index contributed by atoms with van der Waals surface area (Å²) in [5.41, 5.74) is -0.370. The minimum absolute atomic E-state index is 0.0357. The highest BCUT2D eigenvalue weighted by Crippen LogP contribution is 2.29. The van der Waals surface area contributed by atoms with Gasteiger partial charge in [-0.15, -0.1) is 0 Å². The van der Waals surface area contributed by atoms with E-state index >= 15 is 0 Å². The molecule has 0 aliphatic heterocycles. The van der Waals surface area contributed by atoms with Gasteiger partial charge in [0.2, 0.25) is 0 Å². The molecule has 14 heavy (non-hydrogen) atoms. The van der Waals surface area contributed by atoms with Crippen molar-refractivity contribution in [3.05, 3.63) is 10.6 Å². The van der Waals surface area contributed by atoms with Crippen molar-refractivity contribution < 1.29 is 9.53 Å². The zero-order chi connectivity index (χ0) is 10.8. The van der Waals surface area contributed by atoms with Crippen LogP contribution in [0.3, 0.4) is 0 Å². The number of allylic oxidation sites excluding steroid dienone is 2. The second-order valence-electron chi connectivity index (χ2n) is 4.66. The molecule has 0 unspecified atom stereocenters. The van der Waals surface area contributed by atoms with E-state index in [1.807, 2.05) is 20.8 Å². The molecule has 0 fully saturated rings. The lowest BCUT2D eigenvalue weighted by Gasteiger charge is -2.25. The van der Waals surface area contributed by atoms with E-state index in [0.717, 1.165) is 23.7 Å². The third kappa shape index (κ3) is 3.82. The van der Waals surface area contributed by atoms with Crippen LogP contribution in [0.15, 0.2) is 10.6 Å². The fourth-order valence-corrected chi connectivity index (χ4v) is 2.07. The number of carbonyl (C=O) groups is 1. The first kappa shape index (κ1) is 11.8. The number of halogens is 1. The summed E-state index contributed by atoms with van der Waals surface area (Å²) in [5.74, 6) is -0.0313. The summed E-state index contributed by atoms with van der Waals surface area (Å²) in [4.78, 5) is 11.7. The van der Waals surface area contributed by atoms with Gasteiger partial charge in [0.05, 0.1) is 5.92 Å². The van der Waals surface area contributed by atoms with Crippen molar-refractivity contribution in [2.24, 2.45) is 5.92 Å². The fraction of sp³-hybridized carbons (Fsp3) is 0.727. The largest absolute Gasteiger partial charge is 0.460 e. The van der Waals surface area contributed by atoms with Crippen molar-refractivity contribution in [2.45, 2.75) is 45.6 Å². The number of rotatable bonds is 1. The summed E-state index contributed by atoms with van der Waals surface area (Å²) in [6.45, 7) is 5.70. The van der Waals surface area contributed by atoms with E-state index in [2.05, 4.69) is 22.0 Å². The Morgan fingerprint density at radius 3 is 2.71 bits per heavy atom. The Bertz CT molecular complexity index is 251. The molecule has 3 heteroatoms. The highest BCUT2D eigenvalue weighted by molar-refractivity contribution is 9.11. The average molecular weight is 261 g/mol. The molecule has 1 aliphatic carbocycles. The quantitative estimate of drug-likeness (QED) is 0.676. The maximum Gasteiger partial charge on any atom is 0.309 e. The van der Waals surface area contributed by atoms with E-state index in [0.29, 0.717) is 0 Å². The molecule has 0 radical (unpaired) electrons. The van der Waals surface area contributed by atoms with Gasteiger partial charge in [-0.3, -0.25) is 4.79 Å². The molecule has 0 N–H and O–H groups in total. The number of hydrogen-bond donors (Lipinski definition) is 0. The van der Waals surface area contributed by atoms with Crippen LogP contribution in [0.5, 0.6) is 0 Å². The molecule has 0 bridgehead atoms. The second kappa shape index (κ2) is 4.47. The van der Waals surface area contributed by atoms with Gasteiger partial charge in [-0.05, 0) is 44.5 Å². The van der Waals surface area contributed by atoms with Crippen LogP contribution in [0.2, 0.25) is 0 Å². The molecule has 0 aromatic carbocycles. The first-order valence-corrected chi connectivity index (χ1v) is 5.75. The Morgan fingerprint density at radius 2 is 2.21 bits per heavy atom. The first-order chi connectivity index (χ1) is 6.38. The van der Waals surface area contributed by atoms with Crippen LogP contribution in [-0.4, -0.2) is 11.6 Å². The van der Waals surface area contributed by atoms with E-state index in [9.17, 15) is 4.79 Å². The Labute approximate surface area is 93.8 Å². The Morgan fingerprint density at radius 1 is 1.57 bits per heavy atom. The van der Waals surface area contributed by atoms with Gasteiger partial charge in [0.25, 0.3) is 0 Å². The van der Waals surface area contributed by atoms with E-state index in [4.69, 9.17) is 4.74 Å². The van der Waals surface area contributed by atoms with Gasteiger partial charge in [0.1, 0.15) is 5.60 Å². The Kier molecular flexibility index (Phi) is 3.76. The van der Waals surface area contributed by atoms with Crippen LogP contribution in [0.4, 0.5) is 0 Å². The molecule has 0 aromatic rings. The van der Waals surface area contributed by atoms with Crippen molar-refractivity contribution in [2.75, 3.05) is 0 Å². The predicted octanol–water partition coefficient (Wildman–Crippen LogP) is 3.41. The van der Waals surface area contributed by atoms with Gasteiger partial charge in [0.15, 0.2) is 0 Å². The van der Waals surface area contributed by atoms with Crippen LogP contribution in [0.1, 0.15) is 40.0 Å². The molecule has 1 atom stereocenters. The molecule has 80 valence electrons. The van der Waals surface area contributed by atoms with Crippen molar-refractivity contribution in [1.82, 2.24) is 0 Å². The predicted molar refractivity (Wildman–Crippen MR) is 60.2 cm³/mol. The summed E-state index contributed by atoms with van der Waals surface area (Å²) < 4.78 is 6.46. The van der Waals surface area contributed by atoms with Gasteiger partial charge < -0.3 is 4.74 Å². The average Bonchev–Trinajstić information content (AvgIpc) is 2.01. The summed E-state index contributed by atoms with van der Waals surface area (Å²) >= 11 is 3.43. The molecule has 1 aliphatic rings. The Hall–Kier alpha value is -0.310. The first-order valence-electron chi connectivity index (χ1n) is 4.96. The van der Waals surface area contributed by atoms with Crippen molar-refractivity contribution in [3.8, 4) is 0 Å². The summed E-state index contributed by atoms with van der Waals surface area (Å²) in [7, 11) is 0. The molecule has 0 aromatic heterocycles. The molecule has 2 nitrogen and oxygen atoms in total. The maximum atomic E-state index is 11.7. The molecule has 0 saturated carbocycles. The van der Waals surface area contributed by atoms with Crippen molar-refractivity contribution in [3.63, 3.8) is 0 Å². The lowest BCUT2D eigenvalue weighted by molar-refractivity contribution is -0.160. The minimum Gasteiger partial charge on any atom is -0.460 e. The zero-order valence-corrected chi connectivity index (χ0v) is 10.6. The van der Waals surface area contributed by atoms with E-state index in [1.54, 1.807) is 0 Å². The van der Waals surface area contributed by atoms with Crippen LogP contribution in [0, 0.1) is 5.92 Å². The van der Waals surface area contributed by atoms with Gasteiger partial charge in [-0.25, -0.2) is 0 Å². The number of esters is 1. The second-order valence-corrected chi connectivity index (χ2v) is 5.68. The third-order valence-corrected chi connectivity index (χ3v) is 2.71. The lowest BCUT2D eigenvalue weighted by atomic mass is 9.94. The fourth-order valence-electron chi connectivity index (χ4n) is 1.45. The maximum absolute atomic E-state index is 11.7. The smallest absolute Gasteiger partial charge is 0.309 e. The van der Waals surface area contributed by atoms with Gasteiger partial charge in [0, 0.05) is 0 Å². The summed E-state index contributed by atoms with van der Waals surface area (Å²) in [6.07, 6.45) is 4.78. The van der Waals surface area contributed by atoms with E-state index < -0.39 is 0 Å². The molecule has 0 saturated heterocycles. The number of carbonyl (C=O) groups excluding carboxylic acids is 1. The van der Waals surface area contributed by atoms with Crippen LogP contribution in [0.25, 0.3) is 0 Å². The third-order valence-electron chi connectivity index (χ3n) is 2.06. The van der Waals surface area contributed by atoms with Gasteiger partial charge in [-0.1, -0.05) is 22.0 Å².